The third kappa shape index (κ3) is 4.40. The SMILES string of the molecule is O=C(C=Cc1ccc(F)cc1)NC(=S)N1CCOCC1. The second kappa shape index (κ2) is 7.12. The van der Waals surface area contributed by atoms with Gasteiger partial charge in [0.2, 0.25) is 5.91 Å². The van der Waals surface area contributed by atoms with Crippen molar-refractivity contribution in [2.24, 2.45) is 0 Å². The molecule has 106 valence electrons. The molecule has 1 amide bonds. The highest BCUT2D eigenvalue weighted by Gasteiger charge is 2.14. The molecule has 4 nitrogen and oxygen atoms in total. The Kier molecular flexibility index (Phi) is 5.20. The number of thiocarbonyl (C=S) groups is 1. The molecule has 1 aromatic rings. The molecule has 0 unspecified atom stereocenters. The van der Waals surface area contributed by atoms with E-state index in [1.807, 2.05) is 4.90 Å². The zero-order valence-electron chi connectivity index (χ0n) is 10.8. The van der Waals surface area contributed by atoms with Gasteiger partial charge in [-0.25, -0.2) is 4.39 Å². The van der Waals surface area contributed by atoms with Gasteiger partial charge in [-0.3, -0.25) is 10.1 Å². The van der Waals surface area contributed by atoms with Crippen LogP contribution in [-0.2, 0) is 9.53 Å². The van der Waals surface area contributed by atoms with Crippen LogP contribution in [0.15, 0.2) is 30.3 Å². The summed E-state index contributed by atoms with van der Waals surface area (Å²) in [7, 11) is 0. The molecule has 20 heavy (non-hydrogen) atoms. The maximum atomic E-state index is 12.7. The number of hydrogen-bond acceptors (Lipinski definition) is 3. The first-order chi connectivity index (χ1) is 9.65. The maximum Gasteiger partial charge on any atom is 0.250 e. The molecular weight excluding hydrogens is 279 g/mol. The molecule has 1 N–H and O–H groups in total. The van der Waals surface area contributed by atoms with Crippen molar-refractivity contribution < 1.29 is 13.9 Å². The van der Waals surface area contributed by atoms with E-state index in [0.29, 0.717) is 31.4 Å². The van der Waals surface area contributed by atoms with Gasteiger partial charge < -0.3 is 9.64 Å². The van der Waals surface area contributed by atoms with Gasteiger partial charge in [-0.05, 0) is 36.0 Å². The fourth-order valence-corrected chi connectivity index (χ4v) is 2.02. The van der Waals surface area contributed by atoms with Crippen LogP contribution in [0.25, 0.3) is 6.08 Å². The molecule has 1 fully saturated rings. The predicted molar refractivity (Wildman–Crippen MR) is 78.6 cm³/mol. The zero-order chi connectivity index (χ0) is 14.4. The highest BCUT2D eigenvalue weighted by atomic mass is 32.1. The number of ether oxygens (including phenoxy) is 1. The van der Waals surface area contributed by atoms with Crippen LogP contribution >= 0.6 is 12.2 Å². The Hall–Kier alpha value is -1.79. The number of benzene rings is 1. The van der Waals surface area contributed by atoms with Gasteiger partial charge in [0.15, 0.2) is 5.11 Å². The molecule has 0 spiro atoms. The van der Waals surface area contributed by atoms with Crippen LogP contribution in [0.5, 0.6) is 0 Å². The Balaban J connectivity index is 1.85. The number of nitrogens with one attached hydrogen (secondary N) is 1. The van der Waals surface area contributed by atoms with Crippen LogP contribution in [0.4, 0.5) is 4.39 Å². The van der Waals surface area contributed by atoms with Gasteiger partial charge in [-0.15, -0.1) is 0 Å². The topological polar surface area (TPSA) is 41.6 Å². The van der Waals surface area contributed by atoms with Crippen LogP contribution in [0.3, 0.4) is 0 Å². The Bertz CT molecular complexity index is 510. The molecule has 1 saturated heterocycles. The summed E-state index contributed by atoms with van der Waals surface area (Å²) in [5, 5.41) is 3.04. The summed E-state index contributed by atoms with van der Waals surface area (Å²) >= 11 is 5.15. The van der Waals surface area contributed by atoms with E-state index >= 15 is 0 Å². The van der Waals surface area contributed by atoms with Crippen molar-refractivity contribution in [3.8, 4) is 0 Å². The summed E-state index contributed by atoms with van der Waals surface area (Å²) in [5.74, 6) is -0.606. The number of carbonyl (C=O) groups excluding carboxylic acids is 1. The van der Waals surface area contributed by atoms with Crippen LogP contribution in [0, 0.1) is 5.82 Å². The van der Waals surface area contributed by atoms with E-state index in [2.05, 4.69) is 5.32 Å². The van der Waals surface area contributed by atoms with Crippen molar-refractivity contribution >= 4 is 29.3 Å². The molecule has 0 saturated carbocycles. The highest BCUT2D eigenvalue weighted by Crippen LogP contribution is 2.04. The standard InChI is InChI=1S/C14H15FN2O2S/c15-12-4-1-11(2-5-12)3-6-13(18)16-14(20)17-7-9-19-10-8-17/h1-6H,7-10H2,(H,16,18,20). The Morgan fingerprint density at radius 2 is 1.95 bits per heavy atom. The average Bonchev–Trinajstić information content (AvgIpc) is 2.47. The molecule has 0 bridgehead atoms. The van der Waals surface area contributed by atoms with E-state index in [4.69, 9.17) is 17.0 Å². The van der Waals surface area contributed by atoms with Gasteiger partial charge in [-0.1, -0.05) is 12.1 Å². The molecule has 1 heterocycles. The minimum Gasteiger partial charge on any atom is -0.378 e. The van der Waals surface area contributed by atoms with Gasteiger partial charge in [0.05, 0.1) is 13.2 Å². The summed E-state index contributed by atoms with van der Waals surface area (Å²) < 4.78 is 17.9. The molecule has 2 rings (SSSR count). The van der Waals surface area contributed by atoms with Crippen LogP contribution in [0.1, 0.15) is 5.56 Å². The summed E-state index contributed by atoms with van der Waals surface area (Å²) in [6.45, 7) is 2.59. The Morgan fingerprint density at radius 1 is 1.30 bits per heavy atom. The molecule has 0 aliphatic carbocycles. The lowest BCUT2D eigenvalue weighted by atomic mass is 10.2. The first-order valence-electron chi connectivity index (χ1n) is 6.26. The molecular formula is C14H15FN2O2S. The van der Waals surface area contributed by atoms with Gasteiger partial charge in [0.25, 0.3) is 0 Å². The van der Waals surface area contributed by atoms with E-state index < -0.39 is 0 Å². The molecule has 0 atom stereocenters. The quantitative estimate of drug-likeness (QED) is 0.664. The lowest BCUT2D eigenvalue weighted by molar-refractivity contribution is -0.115. The largest absolute Gasteiger partial charge is 0.378 e. The normalized spacial score (nSPS) is 15.3. The predicted octanol–water partition coefficient (Wildman–Crippen LogP) is 1.57. The van der Waals surface area contributed by atoms with E-state index in [9.17, 15) is 9.18 Å². The minimum atomic E-state index is -0.305. The number of hydrogen-bond donors (Lipinski definition) is 1. The summed E-state index contributed by atoms with van der Waals surface area (Å²) in [6.07, 6.45) is 2.98. The second-order valence-corrected chi connectivity index (χ2v) is 4.67. The van der Waals surface area contributed by atoms with Crippen molar-refractivity contribution in [2.45, 2.75) is 0 Å². The lowest BCUT2D eigenvalue weighted by Gasteiger charge is -2.28. The van der Waals surface area contributed by atoms with E-state index in [1.165, 1.54) is 18.2 Å². The number of halogens is 1. The zero-order valence-corrected chi connectivity index (χ0v) is 11.7. The highest BCUT2D eigenvalue weighted by molar-refractivity contribution is 7.80. The fraction of sp³-hybridized carbons (Fsp3) is 0.286. The monoisotopic (exact) mass is 294 g/mol. The number of nitrogens with zero attached hydrogens (tertiary/aromatic N) is 1. The van der Waals surface area contributed by atoms with Crippen molar-refractivity contribution in [1.29, 1.82) is 0 Å². The molecule has 0 aromatic heterocycles. The first-order valence-corrected chi connectivity index (χ1v) is 6.67. The summed E-state index contributed by atoms with van der Waals surface area (Å²) in [4.78, 5) is 13.6. The van der Waals surface area contributed by atoms with Gasteiger partial charge in [-0.2, -0.15) is 0 Å². The van der Waals surface area contributed by atoms with Gasteiger partial charge >= 0.3 is 0 Å². The Labute approximate surface area is 122 Å². The van der Waals surface area contributed by atoms with Gasteiger partial charge in [0.1, 0.15) is 5.82 Å². The van der Waals surface area contributed by atoms with Crippen LogP contribution in [0.2, 0.25) is 0 Å². The van der Waals surface area contributed by atoms with E-state index in [1.54, 1.807) is 18.2 Å². The first kappa shape index (κ1) is 14.6. The molecule has 1 aliphatic rings. The lowest BCUT2D eigenvalue weighted by Crippen LogP contribution is -2.47. The van der Waals surface area contributed by atoms with E-state index in [-0.39, 0.29) is 11.7 Å². The fourth-order valence-electron chi connectivity index (χ4n) is 1.74. The second-order valence-electron chi connectivity index (χ2n) is 4.28. The summed E-state index contributed by atoms with van der Waals surface area (Å²) in [5.41, 5.74) is 0.749. The average molecular weight is 294 g/mol. The Morgan fingerprint density at radius 3 is 2.60 bits per heavy atom. The molecule has 6 heteroatoms. The molecule has 1 aliphatic heterocycles. The third-order valence-electron chi connectivity index (χ3n) is 2.83. The summed E-state index contributed by atoms with van der Waals surface area (Å²) in [6, 6.07) is 5.88. The van der Waals surface area contributed by atoms with Crippen LogP contribution < -0.4 is 5.32 Å². The number of amides is 1. The number of carbonyl (C=O) groups is 1. The minimum absolute atomic E-state index is 0.300. The van der Waals surface area contributed by atoms with Gasteiger partial charge in [0, 0.05) is 19.2 Å². The number of rotatable bonds is 2. The molecule has 1 aromatic carbocycles. The van der Waals surface area contributed by atoms with Crippen molar-refractivity contribution in [1.82, 2.24) is 10.2 Å². The smallest absolute Gasteiger partial charge is 0.250 e. The van der Waals surface area contributed by atoms with Crippen molar-refractivity contribution in [2.75, 3.05) is 26.3 Å². The molecule has 0 radical (unpaired) electrons. The van der Waals surface area contributed by atoms with Crippen LogP contribution in [-0.4, -0.2) is 42.2 Å². The third-order valence-corrected chi connectivity index (χ3v) is 3.19. The van der Waals surface area contributed by atoms with E-state index in [0.717, 1.165) is 5.56 Å². The maximum absolute atomic E-state index is 12.7. The van der Waals surface area contributed by atoms with Crippen molar-refractivity contribution in [3.05, 3.63) is 41.7 Å². The number of morpholine rings is 1. The van der Waals surface area contributed by atoms with Crippen molar-refractivity contribution in [3.63, 3.8) is 0 Å².